The lowest BCUT2D eigenvalue weighted by Gasteiger charge is -2.26. The number of hydrogen-bond acceptors (Lipinski definition) is 6. The van der Waals surface area contributed by atoms with Crippen molar-refractivity contribution in [2.45, 2.75) is 22.6 Å². The fourth-order valence-corrected chi connectivity index (χ4v) is 5.29. The van der Waals surface area contributed by atoms with E-state index in [2.05, 4.69) is 11.4 Å². The molecule has 2 aromatic carbocycles. The number of carbonyl (C=O) groups excluding carboxylic acids is 1. The third kappa shape index (κ3) is 5.59. The molecule has 0 atom stereocenters. The lowest BCUT2D eigenvalue weighted by Crippen LogP contribution is -2.41. The number of nitriles is 1. The van der Waals surface area contributed by atoms with Crippen LogP contribution in [0, 0.1) is 16.7 Å². The third-order valence-electron chi connectivity index (χ3n) is 5.24. The van der Waals surface area contributed by atoms with E-state index in [0.717, 1.165) is 8.61 Å². The van der Waals surface area contributed by atoms with E-state index in [4.69, 9.17) is 0 Å². The van der Waals surface area contributed by atoms with Crippen molar-refractivity contribution in [1.29, 1.82) is 5.26 Å². The Morgan fingerprint density at radius 1 is 0.879 bits per heavy atom. The molecular weight excluding hydrogens is 464 g/mol. The molecule has 1 N–H and O–H groups in total. The summed E-state index contributed by atoms with van der Waals surface area (Å²) in [5.74, 6) is -0.549. The fraction of sp³-hybridized carbons (Fsp3) is 0.364. The van der Waals surface area contributed by atoms with Crippen LogP contribution in [0.5, 0.6) is 0 Å². The third-order valence-corrected chi connectivity index (χ3v) is 8.86. The van der Waals surface area contributed by atoms with Gasteiger partial charge in [-0.3, -0.25) is 4.79 Å². The standard InChI is InChI=1S/C22H28N4O5S2/c1-24-21(27)22(16-23,14-17-8-6-10-19(12-17)32(28,29)25(2)3)15-18-9-7-11-20(13-18)33(30,31)26(4)5/h6-13H,14-15H2,1-5H3,(H,24,27). The van der Waals surface area contributed by atoms with Crippen LogP contribution in [0.25, 0.3) is 0 Å². The molecule has 0 saturated carbocycles. The van der Waals surface area contributed by atoms with Gasteiger partial charge < -0.3 is 5.32 Å². The molecule has 0 radical (unpaired) electrons. The highest BCUT2D eigenvalue weighted by molar-refractivity contribution is 7.89. The monoisotopic (exact) mass is 492 g/mol. The number of amides is 1. The van der Waals surface area contributed by atoms with Crippen molar-refractivity contribution in [1.82, 2.24) is 13.9 Å². The first kappa shape index (κ1) is 26.5. The second-order valence-electron chi connectivity index (χ2n) is 8.00. The summed E-state index contributed by atoms with van der Waals surface area (Å²) in [7, 11) is -0.315. The number of sulfonamides is 2. The number of nitrogens with zero attached hydrogens (tertiary/aromatic N) is 3. The van der Waals surface area contributed by atoms with Crippen LogP contribution in [0.2, 0.25) is 0 Å². The minimum atomic E-state index is -3.70. The van der Waals surface area contributed by atoms with Gasteiger partial charge in [0.25, 0.3) is 0 Å². The lowest BCUT2D eigenvalue weighted by atomic mass is 9.77. The molecule has 2 rings (SSSR count). The average molecular weight is 493 g/mol. The van der Waals surface area contributed by atoms with Gasteiger partial charge >= 0.3 is 0 Å². The van der Waals surface area contributed by atoms with E-state index in [-0.39, 0.29) is 22.6 Å². The minimum Gasteiger partial charge on any atom is -0.358 e. The van der Waals surface area contributed by atoms with E-state index in [0.29, 0.717) is 11.1 Å². The summed E-state index contributed by atoms with van der Waals surface area (Å²) < 4.78 is 52.2. The summed E-state index contributed by atoms with van der Waals surface area (Å²) >= 11 is 0. The molecule has 178 valence electrons. The molecule has 0 fully saturated rings. The summed E-state index contributed by atoms with van der Waals surface area (Å²) in [4.78, 5) is 13.0. The van der Waals surface area contributed by atoms with E-state index >= 15 is 0 Å². The van der Waals surface area contributed by atoms with E-state index in [1.165, 1.54) is 59.5 Å². The number of nitrogens with one attached hydrogen (secondary N) is 1. The van der Waals surface area contributed by atoms with Gasteiger partial charge in [0, 0.05) is 48.1 Å². The van der Waals surface area contributed by atoms with Crippen molar-refractivity contribution in [3.8, 4) is 6.07 Å². The smallest absolute Gasteiger partial charge is 0.242 e. The van der Waals surface area contributed by atoms with Crippen LogP contribution < -0.4 is 5.32 Å². The molecule has 2 aromatic rings. The number of benzene rings is 2. The SMILES string of the molecule is CNC(=O)C(C#N)(Cc1cccc(S(=O)(=O)N(C)C)c1)Cc1cccc(S(=O)(=O)N(C)C)c1. The molecule has 0 heterocycles. The fourth-order valence-electron chi connectivity index (χ4n) is 3.34. The topological polar surface area (TPSA) is 128 Å². The molecule has 1 amide bonds. The summed E-state index contributed by atoms with van der Waals surface area (Å²) in [6, 6.07) is 14.3. The quantitative estimate of drug-likeness (QED) is 0.561. The lowest BCUT2D eigenvalue weighted by molar-refractivity contribution is -0.127. The Morgan fingerprint density at radius 2 is 1.27 bits per heavy atom. The molecule has 9 nitrogen and oxygen atoms in total. The highest BCUT2D eigenvalue weighted by atomic mass is 32.2. The van der Waals surface area contributed by atoms with Gasteiger partial charge in [-0.1, -0.05) is 24.3 Å². The second-order valence-corrected chi connectivity index (χ2v) is 12.3. The minimum absolute atomic E-state index is 0.0489. The van der Waals surface area contributed by atoms with Crippen LogP contribution in [0.1, 0.15) is 11.1 Å². The first-order valence-electron chi connectivity index (χ1n) is 9.96. The first-order valence-corrected chi connectivity index (χ1v) is 12.8. The second kappa shape index (κ2) is 10.0. The van der Waals surface area contributed by atoms with Gasteiger partial charge in [-0.05, 0) is 35.4 Å². The van der Waals surface area contributed by atoms with Crippen molar-refractivity contribution in [2.24, 2.45) is 5.41 Å². The van der Waals surface area contributed by atoms with Crippen LogP contribution in [0.4, 0.5) is 0 Å². The van der Waals surface area contributed by atoms with Crippen LogP contribution in [0.15, 0.2) is 58.3 Å². The van der Waals surface area contributed by atoms with E-state index < -0.39 is 31.4 Å². The molecule has 0 aromatic heterocycles. The maximum Gasteiger partial charge on any atom is 0.242 e. The molecule has 0 aliphatic carbocycles. The summed E-state index contributed by atoms with van der Waals surface area (Å²) in [5.41, 5.74) is -0.615. The number of rotatable bonds is 9. The van der Waals surface area contributed by atoms with Gasteiger partial charge in [-0.2, -0.15) is 5.26 Å². The number of hydrogen-bond donors (Lipinski definition) is 1. The molecule has 0 saturated heterocycles. The zero-order valence-corrected chi connectivity index (χ0v) is 20.9. The van der Waals surface area contributed by atoms with Crippen molar-refractivity contribution in [3.63, 3.8) is 0 Å². The van der Waals surface area contributed by atoms with Crippen molar-refractivity contribution in [2.75, 3.05) is 35.2 Å². The van der Waals surface area contributed by atoms with Crippen LogP contribution in [-0.2, 0) is 37.7 Å². The Bertz CT molecular complexity index is 1200. The van der Waals surface area contributed by atoms with E-state index in [9.17, 15) is 26.9 Å². The van der Waals surface area contributed by atoms with Crippen molar-refractivity contribution < 1.29 is 21.6 Å². The van der Waals surface area contributed by atoms with Gasteiger partial charge in [0.2, 0.25) is 26.0 Å². The normalized spacial score (nSPS) is 12.5. The van der Waals surface area contributed by atoms with Gasteiger partial charge in [0.05, 0.1) is 15.9 Å². The van der Waals surface area contributed by atoms with Gasteiger partial charge in [0.15, 0.2) is 0 Å². The Morgan fingerprint density at radius 3 is 1.58 bits per heavy atom. The molecule has 0 spiro atoms. The maximum atomic E-state index is 12.9. The average Bonchev–Trinajstić information content (AvgIpc) is 2.78. The molecular formula is C22H28N4O5S2. The predicted octanol–water partition coefficient (Wildman–Crippen LogP) is 1.23. The molecule has 33 heavy (non-hydrogen) atoms. The molecule has 0 aliphatic heterocycles. The Balaban J connectivity index is 2.53. The van der Waals surface area contributed by atoms with Crippen molar-refractivity contribution >= 4 is 26.0 Å². The largest absolute Gasteiger partial charge is 0.358 e. The number of carbonyl (C=O) groups is 1. The van der Waals surface area contributed by atoms with Crippen LogP contribution >= 0.6 is 0 Å². The highest BCUT2D eigenvalue weighted by Crippen LogP contribution is 2.30. The Labute approximate surface area is 195 Å². The summed E-state index contributed by atoms with van der Waals surface area (Å²) in [6.07, 6.45) is -0.130. The highest BCUT2D eigenvalue weighted by Gasteiger charge is 2.39. The Kier molecular flexibility index (Phi) is 8.03. The summed E-state index contributed by atoms with van der Waals surface area (Å²) in [6.45, 7) is 0. The van der Waals surface area contributed by atoms with Gasteiger partial charge in [-0.15, -0.1) is 0 Å². The molecule has 0 aliphatic rings. The van der Waals surface area contributed by atoms with E-state index in [1.807, 2.05) is 0 Å². The zero-order chi connectivity index (χ0) is 25.0. The zero-order valence-electron chi connectivity index (χ0n) is 19.2. The van der Waals surface area contributed by atoms with Gasteiger partial charge in [0.1, 0.15) is 5.41 Å². The van der Waals surface area contributed by atoms with Crippen LogP contribution in [0.3, 0.4) is 0 Å². The predicted molar refractivity (Wildman–Crippen MR) is 124 cm³/mol. The Hall–Kier alpha value is -2.78. The molecule has 11 heteroatoms. The maximum absolute atomic E-state index is 12.9. The van der Waals surface area contributed by atoms with Crippen molar-refractivity contribution in [3.05, 3.63) is 59.7 Å². The van der Waals surface area contributed by atoms with Crippen LogP contribution in [-0.4, -0.2) is 66.6 Å². The first-order chi connectivity index (χ1) is 15.3. The van der Waals surface area contributed by atoms with Gasteiger partial charge in [-0.25, -0.2) is 25.4 Å². The summed E-state index contributed by atoms with van der Waals surface area (Å²) in [5, 5.41) is 12.6. The molecule has 0 unspecified atom stereocenters. The molecule has 0 bridgehead atoms. The van der Waals surface area contributed by atoms with E-state index in [1.54, 1.807) is 24.3 Å².